The average Bonchev–Trinajstić information content (AvgIpc) is 3.00. The van der Waals surface area contributed by atoms with E-state index in [1.807, 2.05) is 0 Å². The lowest BCUT2D eigenvalue weighted by atomic mass is 9.97. The number of fused-ring (bicyclic) bond motifs is 1. The first kappa shape index (κ1) is 16.3. The highest BCUT2D eigenvalue weighted by Crippen LogP contribution is 2.37. The molecule has 0 bridgehead atoms. The second-order valence-corrected chi connectivity index (χ2v) is 5.47. The van der Waals surface area contributed by atoms with Gasteiger partial charge in [0.15, 0.2) is 5.69 Å². The molecule has 5 N–H and O–H groups in total. The largest absolute Gasteiger partial charge is 0.508 e. The molecule has 0 spiro atoms. The van der Waals surface area contributed by atoms with Gasteiger partial charge in [-0.05, 0) is 24.1 Å². The number of carbonyl (C=O) groups excluding carboxylic acids is 2. The van der Waals surface area contributed by atoms with E-state index < -0.39 is 11.9 Å². The van der Waals surface area contributed by atoms with Crippen LogP contribution in [0.3, 0.4) is 0 Å². The highest BCUT2D eigenvalue weighted by Gasteiger charge is 2.23. The highest BCUT2D eigenvalue weighted by atomic mass is 16.5. The minimum Gasteiger partial charge on any atom is -0.508 e. The Labute approximate surface area is 142 Å². The van der Waals surface area contributed by atoms with Gasteiger partial charge >= 0.3 is 5.97 Å². The van der Waals surface area contributed by atoms with Crippen molar-refractivity contribution >= 4 is 23.2 Å². The van der Waals surface area contributed by atoms with Gasteiger partial charge in [0.1, 0.15) is 11.4 Å². The number of anilines is 1. The third-order valence-electron chi connectivity index (χ3n) is 4.07. The molecule has 0 aliphatic carbocycles. The van der Waals surface area contributed by atoms with Crippen molar-refractivity contribution in [2.24, 2.45) is 5.73 Å². The van der Waals surface area contributed by atoms with Crippen molar-refractivity contribution in [3.63, 3.8) is 0 Å². The molecule has 8 nitrogen and oxygen atoms in total. The number of aromatic hydroxyl groups is 1. The Morgan fingerprint density at radius 3 is 2.68 bits per heavy atom. The van der Waals surface area contributed by atoms with Crippen molar-refractivity contribution in [2.45, 2.75) is 6.92 Å². The number of benzene rings is 1. The quantitative estimate of drug-likeness (QED) is 0.619. The van der Waals surface area contributed by atoms with E-state index in [2.05, 4.69) is 4.98 Å². The molecule has 0 saturated carbocycles. The molecule has 0 atom stereocenters. The van der Waals surface area contributed by atoms with Gasteiger partial charge in [-0.15, -0.1) is 0 Å². The molecule has 0 saturated heterocycles. The van der Waals surface area contributed by atoms with Crippen LogP contribution in [0.25, 0.3) is 16.8 Å². The zero-order valence-electron chi connectivity index (χ0n) is 13.6. The minimum absolute atomic E-state index is 0.0356. The molecule has 25 heavy (non-hydrogen) atoms. The summed E-state index contributed by atoms with van der Waals surface area (Å²) in [5.74, 6) is -1.30. The highest BCUT2D eigenvalue weighted by molar-refractivity contribution is 6.05. The maximum absolute atomic E-state index is 12.0. The molecular formula is C17H16N4O4. The van der Waals surface area contributed by atoms with Crippen LogP contribution in [0.2, 0.25) is 0 Å². The van der Waals surface area contributed by atoms with Crippen LogP contribution in [0.4, 0.5) is 5.69 Å². The number of phenols is 1. The Balaban J connectivity index is 2.47. The first-order valence-electron chi connectivity index (χ1n) is 7.33. The standard InChI is InChI=1S/C17H16N4O4/c1-8-9(4-3-5-12(8)22)13-14(18)10(15(19)23)7-21-11(17(24)25-2)6-20-16(13)21/h3-7,22H,18H2,1-2H3,(H2,19,23). The molecule has 0 fully saturated rings. The Hall–Kier alpha value is -3.55. The molecule has 3 aromatic rings. The van der Waals surface area contributed by atoms with Crippen molar-refractivity contribution in [1.29, 1.82) is 0 Å². The Morgan fingerprint density at radius 2 is 2.04 bits per heavy atom. The van der Waals surface area contributed by atoms with Crippen LogP contribution in [0.5, 0.6) is 5.75 Å². The number of aromatic nitrogens is 2. The van der Waals surface area contributed by atoms with Crippen molar-refractivity contribution < 1.29 is 19.4 Å². The molecule has 8 heteroatoms. The van der Waals surface area contributed by atoms with Crippen molar-refractivity contribution in [1.82, 2.24) is 9.38 Å². The average molecular weight is 340 g/mol. The van der Waals surface area contributed by atoms with E-state index in [9.17, 15) is 14.7 Å². The number of methoxy groups -OCH3 is 1. The zero-order valence-corrected chi connectivity index (χ0v) is 13.6. The van der Waals surface area contributed by atoms with E-state index in [1.54, 1.807) is 19.1 Å². The lowest BCUT2D eigenvalue weighted by Crippen LogP contribution is -2.17. The monoisotopic (exact) mass is 340 g/mol. The number of nitrogens with zero attached hydrogens (tertiary/aromatic N) is 2. The van der Waals surface area contributed by atoms with E-state index in [0.717, 1.165) is 0 Å². The number of hydrogen-bond donors (Lipinski definition) is 3. The number of rotatable bonds is 3. The summed E-state index contributed by atoms with van der Waals surface area (Å²) < 4.78 is 6.14. The van der Waals surface area contributed by atoms with Gasteiger partial charge in [-0.25, -0.2) is 9.78 Å². The predicted octanol–water partition coefficient (Wildman–Crippen LogP) is 1.48. The van der Waals surface area contributed by atoms with Crippen LogP contribution < -0.4 is 11.5 Å². The maximum Gasteiger partial charge on any atom is 0.356 e. The predicted molar refractivity (Wildman–Crippen MR) is 91.3 cm³/mol. The van der Waals surface area contributed by atoms with E-state index in [4.69, 9.17) is 16.2 Å². The third kappa shape index (κ3) is 2.44. The van der Waals surface area contributed by atoms with Crippen LogP contribution in [0.15, 0.2) is 30.6 Å². The molecular weight excluding hydrogens is 324 g/mol. The lowest BCUT2D eigenvalue weighted by molar-refractivity contribution is 0.0592. The number of ether oxygens (including phenoxy) is 1. The van der Waals surface area contributed by atoms with Crippen LogP contribution >= 0.6 is 0 Å². The summed E-state index contributed by atoms with van der Waals surface area (Å²) in [5, 5.41) is 10.0. The van der Waals surface area contributed by atoms with Gasteiger partial charge in [0, 0.05) is 11.8 Å². The Kier molecular flexibility index (Phi) is 3.80. The zero-order chi connectivity index (χ0) is 18.3. The van der Waals surface area contributed by atoms with Gasteiger partial charge in [0.25, 0.3) is 5.91 Å². The van der Waals surface area contributed by atoms with Gasteiger partial charge in [-0.3, -0.25) is 9.20 Å². The molecule has 1 amide bonds. The first-order valence-corrected chi connectivity index (χ1v) is 7.33. The van der Waals surface area contributed by atoms with Crippen LogP contribution in [-0.4, -0.2) is 33.5 Å². The molecule has 2 aromatic heterocycles. The Morgan fingerprint density at radius 1 is 1.32 bits per heavy atom. The number of esters is 1. The number of nitrogen functional groups attached to an aromatic ring is 1. The number of phenolic OH excluding ortho intramolecular Hbond substituents is 1. The maximum atomic E-state index is 12.0. The van der Waals surface area contributed by atoms with Crippen LogP contribution in [-0.2, 0) is 4.74 Å². The number of pyridine rings is 1. The van der Waals surface area contributed by atoms with E-state index in [1.165, 1.54) is 30.0 Å². The number of amides is 1. The fourth-order valence-electron chi connectivity index (χ4n) is 2.74. The number of imidazole rings is 1. The second kappa shape index (κ2) is 5.82. The van der Waals surface area contributed by atoms with Crippen molar-refractivity contribution in [3.8, 4) is 16.9 Å². The summed E-state index contributed by atoms with van der Waals surface area (Å²) in [6.45, 7) is 1.71. The summed E-state index contributed by atoms with van der Waals surface area (Å²) in [4.78, 5) is 28.0. The molecule has 0 aliphatic heterocycles. The van der Waals surface area contributed by atoms with Gasteiger partial charge in [0.05, 0.1) is 24.6 Å². The number of carbonyl (C=O) groups is 2. The van der Waals surface area contributed by atoms with Crippen LogP contribution in [0.1, 0.15) is 26.4 Å². The van der Waals surface area contributed by atoms with E-state index >= 15 is 0 Å². The second-order valence-electron chi connectivity index (χ2n) is 5.47. The van der Waals surface area contributed by atoms with Gasteiger partial charge in [-0.2, -0.15) is 0 Å². The minimum atomic E-state index is -0.747. The Bertz CT molecular complexity index is 1020. The molecule has 3 rings (SSSR count). The molecule has 128 valence electrons. The number of nitrogens with two attached hydrogens (primary N) is 2. The summed E-state index contributed by atoms with van der Waals surface area (Å²) in [5.41, 5.74) is 13.8. The molecule has 0 aliphatic rings. The smallest absolute Gasteiger partial charge is 0.356 e. The lowest BCUT2D eigenvalue weighted by Gasteiger charge is -2.15. The normalized spacial score (nSPS) is 10.8. The topological polar surface area (TPSA) is 133 Å². The molecule has 0 radical (unpaired) electrons. The first-order chi connectivity index (χ1) is 11.9. The van der Waals surface area contributed by atoms with Gasteiger partial charge < -0.3 is 21.3 Å². The summed E-state index contributed by atoms with van der Waals surface area (Å²) in [6, 6.07) is 4.92. The van der Waals surface area contributed by atoms with Crippen molar-refractivity contribution in [2.75, 3.05) is 12.8 Å². The van der Waals surface area contributed by atoms with Crippen LogP contribution in [0, 0.1) is 6.92 Å². The van der Waals surface area contributed by atoms with Crippen molar-refractivity contribution in [3.05, 3.63) is 47.4 Å². The van der Waals surface area contributed by atoms with Gasteiger partial charge in [-0.1, -0.05) is 12.1 Å². The number of primary amides is 1. The fourth-order valence-corrected chi connectivity index (χ4v) is 2.74. The molecule has 1 aromatic carbocycles. The fraction of sp³-hybridized carbons (Fsp3) is 0.118. The third-order valence-corrected chi connectivity index (χ3v) is 4.07. The molecule has 0 unspecified atom stereocenters. The summed E-state index contributed by atoms with van der Waals surface area (Å²) in [7, 11) is 1.24. The van der Waals surface area contributed by atoms with E-state index in [0.29, 0.717) is 22.3 Å². The summed E-state index contributed by atoms with van der Waals surface area (Å²) in [6.07, 6.45) is 2.68. The van der Waals surface area contributed by atoms with Gasteiger partial charge in [0.2, 0.25) is 0 Å². The van der Waals surface area contributed by atoms with E-state index in [-0.39, 0.29) is 22.7 Å². The summed E-state index contributed by atoms with van der Waals surface area (Å²) >= 11 is 0. The molecule has 2 heterocycles. The SMILES string of the molecule is COC(=O)c1cnc2c(-c3cccc(O)c3C)c(N)c(C(N)=O)cn12. The number of hydrogen-bond acceptors (Lipinski definition) is 6.